The van der Waals surface area contributed by atoms with Crippen LogP contribution in [0, 0.1) is 0 Å². The first-order chi connectivity index (χ1) is 15.3. The Labute approximate surface area is 187 Å². The van der Waals surface area contributed by atoms with E-state index in [2.05, 4.69) is 21.2 Å². The third-order valence-electron chi connectivity index (χ3n) is 4.88. The number of rotatable bonds is 6. The van der Waals surface area contributed by atoms with Gasteiger partial charge < -0.3 is 9.32 Å². The average Bonchev–Trinajstić information content (AvgIpc) is 3.48. The van der Waals surface area contributed by atoms with Crippen molar-refractivity contribution in [2.75, 3.05) is 23.0 Å². The van der Waals surface area contributed by atoms with Gasteiger partial charge in [-0.3, -0.25) is 14.3 Å². The van der Waals surface area contributed by atoms with Crippen LogP contribution >= 0.6 is 23.5 Å². The Morgan fingerprint density at radius 2 is 2.06 bits per heavy atom. The number of hydrogen-bond acceptors (Lipinski definition) is 7. The van der Waals surface area contributed by atoms with E-state index in [9.17, 15) is 4.79 Å². The third-order valence-corrected chi connectivity index (χ3v) is 6.88. The van der Waals surface area contributed by atoms with Gasteiger partial charge in [0.05, 0.1) is 24.2 Å². The fourth-order valence-corrected chi connectivity index (χ4v) is 5.25. The number of para-hydroxylation sites is 1. The molecule has 0 saturated carbocycles. The van der Waals surface area contributed by atoms with Crippen LogP contribution in [0.4, 0.5) is 5.69 Å². The number of carbonyl (C=O) groups excluding carboxylic acids is 1. The van der Waals surface area contributed by atoms with E-state index in [1.807, 2.05) is 51.9 Å². The van der Waals surface area contributed by atoms with Crippen LogP contribution in [0.25, 0.3) is 11.4 Å². The fraction of sp³-hybridized carbons (Fsp3) is 0.182. The van der Waals surface area contributed by atoms with E-state index in [0.717, 1.165) is 27.7 Å². The lowest BCUT2D eigenvalue weighted by Crippen LogP contribution is -2.36. The highest BCUT2D eigenvalue weighted by Crippen LogP contribution is 2.35. The van der Waals surface area contributed by atoms with Crippen molar-refractivity contribution in [2.45, 2.75) is 16.6 Å². The molecule has 0 spiro atoms. The molecule has 3 aromatic heterocycles. The van der Waals surface area contributed by atoms with E-state index in [1.54, 1.807) is 30.4 Å². The molecule has 0 radical (unpaired) electrons. The van der Waals surface area contributed by atoms with Gasteiger partial charge in [0.1, 0.15) is 5.76 Å². The number of benzene rings is 1. The molecule has 0 aliphatic carbocycles. The summed E-state index contributed by atoms with van der Waals surface area (Å²) in [6.07, 6.45) is 5.12. The summed E-state index contributed by atoms with van der Waals surface area (Å²) in [4.78, 5) is 20.3. The maximum atomic E-state index is 13.0. The highest BCUT2D eigenvalue weighted by atomic mass is 32.2. The van der Waals surface area contributed by atoms with Crippen molar-refractivity contribution in [1.82, 2.24) is 19.7 Å². The fourth-order valence-electron chi connectivity index (χ4n) is 3.44. The molecule has 0 N–H and O–H groups in total. The normalized spacial score (nSPS) is 13.2. The van der Waals surface area contributed by atoms with E-state index in [0.29, 0.717) is 24.1 Å². The van der Waals surface area contributed by atoms with Crippen molar-refractivity contribution < 1.29 is 9.21 Å². The number of nitrogens with zero attached hydrogens (tertiary/aromatic N) is 5. The molecule has 1 aromatic carbocycles. The van der Waals surface area contributed by atoms with E-state index >= 15 is 0 Å². The first-order valence-electron chi connectivity index (χ1n) is 9.80. The molecule has 0 atom stereocenters. The van der Waals surface area contributed by atoms with E-state index in [1.165, 1.54) is 11.8 Å². The second-order valence-corrected chi connectivity index (χ2v) is 8.94. The Hall–Kier alpha value is -3.04. The molecule has 9 heteroatoms. The molecule has 7 nitrogen and oxygen atoms in total. The zero-order valence-corrected chi connectivity index (χ0v) is 18.2. The number of amides is 1. The quantitative estimate of drug-likeness (QED) is 0.408. The zero-order valence-electron chi connectivity index (χ0n) is 16.5. The molecule has 31 heavy (non-hydrogen) atoms. The van der Waals surface area contributed by atoms with Gasteiger partial charge in [-0.2, -0.15) is 0 Å². The van der Waals surface area contributed by atoms with Gasteiger partial charge in [-0.25, -0.2) is 0 Å². The number of anilines is 1. The predicted molar refractivity (Wildman–Crippen MR) is 121 cm³/mol. The van der Waals surface area contributed by atoms with Crippen molar-refractivity contribution in [3.05, 3.63) is 72.9 Å². The van der Waals surface area contributed by atoms with Crippen molar-refractivity contribution in [3.63, 3.8) is 0 Å². The maximum Gasteiger partial charge on any atom is 0.237 e. The molecule has 4 heterocycles. The first-order valence-corrected chi connectivity index (χ1v) is 11.8. The van der Waals surface area contributed by atoms with Crippen LogP contribution < -0.4 is 4.90 Å². The molecule has 0 bridgehead atoms. The molecular formula is C22H19N5O2S2. The third kappa shape index (κ3) is 4.24. The number of furan rings is 1. The Morgan fingerprint density at radius 1 is 1.13 bits per heavy atom. The highest BCUT2D eigenvalue weighted by Gasteiger charge is 2.24. The Bertz CT molecular complexity index is 1180. The lowest BCUT2D eigenvalue weighted by molar-refractivity contribution is -0.116. The SMILES string of the molecule is O=C(CSc1nnc(-c2cccnc2)n1Cc1ccco1)N1CCSc2ccccc21. The number of pyridine rings is 1. The molecule has 1 aliphatic rings. The monoisotopic (exact) mass is 449 g/mol. The van der Waals surface area contributed by atoms with Gasteiger partial charge in [-0.1, -0.05) is 23.9 Å². The van der Waals surface area contributed by atoms with Crippen molar-refractivity contribution in [3.8, 4) is 11.4 Å². The van der Waals surface area contributed by atoms with Gasteiger partial charge in [0.15, 0.2) is 11.0 Å². The molecular weight excluding hydrogens is 430 g/mol. The number of hydrogen-bond donors (Lipinski definition) is 0. The van der Waals surface area contributed by atoms with Gasteiger partial charge in [0, 0.05) is 35.2 Å². The predicted octanol–water partition coefficient (Wildman–Crippen LogP) is 4.21. The van der Waals surface area contributed by atoms with Gasteiger partial charge in [-0.15, -0.1) is 22.0 Å². The lowest BCUT2D eigenvalue weighted by atomic mass is 10.2. The summed E-state index contributed by atoms with van der Waals surface area (Å²) in [6.45, 7) is 1.19. The van der Waals surface area contributed by atoms with Crippen LogP contribution in [0.5, 0.6) is 0 Å². The van der Waals surface area contributed by atoms with E-state index in [-0.39, 0.29) is 11.7 Å². The van der Waals surface area contributed by atoms with Crippen LogP contribution in [-0.2, 0) is 11.3 Å². The second kappa shape index (κ2) is 8.99. The summed E-state index contributed by atoms with van der Waals surface area (Å²) >= 11 is 3.18. The van der Waals surface area contributed by atoms with E-state index in [4.69, 9.17) is 4.42 Å². The number of carbonyl (C=O) groups is 1. The average molecular weight is 450 g/mol. The molecule has 5 rings (SSSR count). The van der Waals surface area contributed by atoms with Gasteiger partial charge >= 0.3 is 0 Å². The van der Waals surface area contributed by atoms with Crippen LogP contribution in [0.2, 0.25) is 0 Å². The minimum Gasteiger partial charge on any atom is -0.467 e. The van der Waals surface area contributed by atoms with Crippen LogP contribution in [-0.4, -0.2) is 43.7 Å². The summed E-state index contributed by atoms with van der Waals surface area (Å²) in [6, 6.07) is 15.6. The lowest BCUT2D eigenvalue weighted by Gasteiger charge is -2.28. The topological polar surface area (TPSA) is 77.0 Å². The smallest absolute Gasteiger partial charge is 0.237 e. The molecule has 156 valence electrons. The van der Waals surface area contributed by atoms with Crippen LogP contribution in [0.15, 0.2) is 81.7 Å². The minimum atomic E-state index is 0.0632. The highest BCUT2D eigenvalue weighted by molar-refractivity contribution is 8.00. The largest absolute Gasteiger partial charge is 0.467 e. The minimum absolute atomic E-state index is 0.0632. The molecule has 0 fully saturated rings. The van der Waals surface area contributed by atoms with Crippen molar-refractivity contribution in [1.29, 1.82) is 0 Å². The summed E-state index contributed by atoms with van der Waals surface area (Å²) in [5.74, 6) is 2.72. The molecule has 1 amide bonds. The zero-order chi connectivity index (χ0) is 21.0. The molecule has 0 unspecified atom stereocenters. The first kappa shape index (κ1) is 19.9. The number of fused-ring (bicyclic) bond motifs is 1. The summed E-state index contributed by atoms with van der Waals surface area (Å²) < 4.78 is 7.50. The van der Waals surface area contributed by atoms with Gasteiger partial charge in [0.2, 0.25) is 5.91 Å². The van der Waals surface area contributed by atoms with Crippen molar-refractivity contribution >= 4 is 35.1 Å². The van der Waals surface area contributed by atoms with E-state index < -0.39 is 0 Å². The number of aromatic nitrogens is 4. The Morgan fingerprint density at radius 3 is 2.90 bits per heavy atom. The maximum absolute atomic E-state index is 13.0. The summed E-state index contributed by atoms with van der Waals surface area (Å²) in [5.41, 5.74) is 1.85. The summed E-state index contributed by atoms with van der Waals surface area (Å²) in [7, 11) is 0. The Kier molecular flexibility index (Phi) is 5.77. The number of thioether (sulfide) groups is 2. The molecule has 4 aromatic rings. The van der Waals surface area contributed by atoms with Crippen LogP contribution in [0.1, 0.15) is 5.76 Å². The molecule has 0 saturated heterocycles. The van der Waals surface area contributed by atoms with Crippen LogP contribution in [0.3, 0.4) is 0 Å². The molecule has 1 aliphatic heterocycles. The van der Waals surface area contributed by atoms with Gasteiger partial charge in [-0.05, 0) is 36.4 Å². The standard InChI is InChI=1S/C22H19N5O2S2/c28-20(26-10-12-30-19-8-2-1-7-18(19)26)15-31-22-25-24-21(16-5-3-9-23-13-16)27(22)14-17-6-4-11-29-17/h1-9,11,13H,10,12,14-15H2. The second-order valence-electron chi connectivity index (χ2n) is 6.86. The Balaban J connectivity index is 1.38. The summed E-state index contributed by atoms with van der Waals surface area (Å²) in [5, 5.41) is 9.41. The van der Waals surface area contributed by atoms with Crippen molar-refractivity contribution in [2.24, 2.45) is 0 Å². The van der Waals surface area contributed by atoms with Gasteiger partial charge in [0.25, 0.3) is 0 Å².